The van der Waals surface area contributed by atoms with Crippen LogP contribution in [0.25, 0.3) is 0 Å². The summed E-state index contributed by atoms with van der Waals surface area (Å²) in [6, 6.07) is 0. The zero-order valence-electron chi connectivity index (χ0n) is 8.01. The molecule has 1 aliphatic heterocycles. The molecule has 0 aromatic rings. The molecule has 1 N–H and O–H groups in total. The smallest absolute Gasteiger partial charge is 0.428 e. The van der Waals surface area contributed by atoms with Gasteiger partial charge in [-0.25, -0.2) is 4.79 Å². The molecule has 0 saturated carbocycles. The fraction of sp³-hybridized carbons (Fsp3) is 0.571. The third kappa shape index (κ3) is 1.67. The first kappa shape index (κ1) is 10.8. The summed E-state index contributed by atoms with van der Waals surface area (Å²) in [5.74, 6) is 0. The number of carboxylic acid groups (broad SMARTS) is 1. The van der Waals surface area contributed by atoms with E-state index in [4.69, 9.17) is 5.11 Å². The van der Waals surface area contributed by atoms with E-state index >= 15 is 0 Å². The molecular formula is C7H11NO5S. The van der Waals surface area contributed by atoms with E-state index < -0.39 is 21.8 Å². The molecule has 7 heteroatoms. The average Bonchev–Trinajstić information content (AvgIpc) is 2.23. The lowest BCUT2D eigenvalue weighted by Crippen LogP contribution is -2.35. The topological polar surface area (TPSA) is 83.9 Å². The van der Waals surface area contributed by atoms with E-state index in [0.717, 1.165) is 6.26 Å². The maximum Gasteiger partial charge on any atom is 0.428 e. The molecule has 0 spiro atoms. The van der Waals surface area contributed by atoms with E-state index in [2.05, 4.69) is 4.18 Å². The highest BCUT2D eigenvalue weighted by Gasteiger charge is 2.42. The van der Waals surface area contributed by atoms with Gasteiger partial charge in [-0.3, -0.25) is 0 Å². The standard InChI is InChI=1S/C7H11NO5S/c1-7(2,3)5-4-13-14(11,12)8(5)6(9)10/h4H,1-3H3,(H,9,10). The lowest BCUT2D eigenvalue weighted by atomic mass is 9.93. The van der Waals surface area contributed by atoms with Gasteiger partial charge in [0.25, 0.3) is 0 Å². The van der Waals surface area contributed by atoms with E-state index in [9.17, 15) is 13.2 Å². The molecule has 14 heavy (non-hydrogen) atoms. The van der Waals surface area contributed by atoms with Crippen molar-refractivity contribution in [2.45, 2.75) is 20.8 Å². The third-order valence-electron chi connectivity index (χ3n) is 1.67. The molecule has 0 saturated heterocycles. The largest absolute Gasteiger partial charge is 0.464 e. The molecular weight excluding hydrogens is 210 g/mol. The Hall–Kier alpha value is -1.24. The molecule has 0 unspecified atom stereocenters. The van der Waals surface area contributed by atoms with Crippen molar-refractivity contribution in [2.24, 2.45) is 5.41 Å². The molecule has 6 nitrogen and oxygen atoms in total. The highest BCUT2D eigenvalue weighted by atomic mass is 32.2. The Balaban J connectivity index is 3.19. The van der Waals surface area contributed by atoms with Crippen molar-refractivity contribution in [3.8, 4) is 0 Å². The third-order valence-corrected chi connectivity index (χ3v) is 2.81. The Labute approximate surface area is 82.0 Å². The fourth-order valence-electron chi connectivity index (χ4n) is 0.998. The predicted molar refractivity (Wildman–Crippen MR) is 47.4 cm³/mol. The van der Waals surface area contributed by atoms with Crippen LogP contribution in [0.3, 0.4) is 0 Å². The SMILES string of the molecule is CC(C)(C)C1=COS(=O)(=O)N1C(=O)O. The van der Waals surface area contributed by atoms with Gasteiger partial charge in [0.15, 0.2) is 0 Å². The van der Waals surface area contributed by atoms with Crippen molar-refractivity contribution in [3.05, 3.63) is 12.0 Å². The maximum atomic E-state index is 11.1. The summed E-state index contributed by atoms with van der Waals surface area (Å²) in [5.41, 5.74) is -0.507. The van der Waals surface area contributed by atoms with Crippen LogP contribution in [0.1, 0.15) is 20.8 Å². The molecule has 0 aliphatic carbocycles. The number of hydrogen-bond acceptors (Lipinski definition) is 4. The van der Waals surface area contributed by atoms with Gasteiger partial charge >= 0.3 is 16.4 Å². The van der Waals surface area contributed by atoms with E-state index in [-0.39, 0.29) is 10.0 Å². The van der Waals surface area contributed by atoms with Crippen LogP contribution < -0.4 is 0 Å². The number of hydrogen-bond donors (Lipinski definition) is 1. The minimum atomic E-state index is -4.18. The van der Waals surface area contributed by atoms with Gasteiger partial charge in [-0.1, -0.05) is 20.8 Å². The lowest BCUT2D eigenvalue weighted by molar-refractivity contribution is 0.174. The van der Waals surface area contributed by atoms with Crippen LogP contribution in [0.15, 0.2) is 12.0 Å². The number of nitrogens with zero attached hydrogens (tertiary/aromatic N) is 1. The molecule has 0 aromatic heterocycles. The van der Waals surface area contributed by atoms with Crippen LogP contribution >= 0.6 is 0 Å². The fourth-order valence-corrected chi connectivity index (χ4v) is 2.05. The zero-order chi connectivity index (χ0) is 11.1. The van der Waals surface area contributed by atoms with Gasteiger partial charge in [-0.2, -0.15) is 8.42 Å². The maximum absolute atomic E-state index is 11.1. The Morgan fingerprint density at radius 2 is 2.00 bits per heavy atom. The van der Waals surface area contributed by atoms with Gasteiger partial charge in [-0.15, -0.1) is 4.31 Å². The molecule has 0 aromatic carbocycles. The predicted octanol–water partition coefficient (Wildman–Crippen LogP) is 1.13. The van der Waals surface area contributed by atoms with Gasteiger partial charge in [0.05, 0.1) is 5.70 Å². The monoisotopic (exact) mass is 221 g/mol. The number of allylic oxidation sites excluding steroid dienone is 1. The Kier molecular flexibility index (Phi) is 2.23. The van der Waals surface area contributed by atoms with Crippen molar-refractivity contribution in [1.82, 2.24) is 4.31 Å². The molecule has 0 atom stereocenters. The second kappa shape index (κ2) is 2.88. The Morgan fingerprint density at radius 1 is 1.50 bits per heavy atom. The van der Waals surface area contributed by atoms with Crippen molar-refractivity contribution in [2.75, 3.05) is 0 Å². The summed E-state index contributed by atoms with van der Waals surface area (Å²) < 4.78 is 26.8. The van der Waals surface area contributed by atoms with Crippen LogP contribution in [0.4, 0.5) is 4.79 Å². The molecule has 80 valence electrons. The first-order valence-electron chi connectivity index (χ1n) is 3.83. The van der Waals surface area contributed by atoms with Gasteiger partial charge in [0, 0.05) is 5.41 Å². The first-order chi connectivity index (χ1) is 6.16. The molecule has 0 fully saturated rings. The summed E-state index contributed by atoms with van der Waals surface area (Å²) in [6.45, 7) is 5.08. The Bertz CT molecular complexity index is 389. The second-order valence-corrected chi connectivity index (χ2v) is 5.27. The summed E-state index contributed by atoms with van der Waals surface area (Å²) >= 11 is 0. The van der Waals surface area contributed by atoms with E-state index in [0.29, 0.717) is 0 Å². The van der Waals surface area contributed by atoms with Gasteiger partial charge < -0.3 is 9.29 Å². The van der Waals surface area contributed by atoms with E-state index in [1.165, 1.54) is 0 Å². The summed E-state index contributed by atoms with van der Waals surface area (Å²) in [4.78, 5) is 10.7. The Morgan fingerprint density at radius 3 is 2.29 bits per heavy atom. The molecule has 1 rings (SSSR count). The number of carbonyl (C=O) groups is 1. The summed E-state index contributed by atoms with van der Waals surface area (Å²) in [6.07, 6.45) is -0.618. The highest BCUT2D eigenvalue weighted by molar-refractivity contribution is 7.85. The molecule has 1 amide bonds. The second-order valence-electron chi connectivity index (χ2n) is 3.85. The van der Waals surface area contributed by atoms with E-state index in [1.807, 2.05) is 0 Å². The molecule has 1 heterocycles. The van der Waals surface area contributed by atoms with E-state index in [1.54, 1.807) is 20.8 Å². The van der Waals surface area contributed by atoms with Crippen LogP contribution in [0.5, 0.6) is 0 Å². The zero-order valence-corrected chi connectivity index (χ0v) is 8.83. The van der Waals surface area contributed by atoms with Crippen molar-refractivity contribution < 1.29 is 22.5 Å². The quantitative estimate of drug-likeness (QED) is 0.662. The summed E-state index contributed by atoms with van der Waals surface area (Å²) in [5, 5.41) is 8.71. The number of amides is 1. The molecule has 0 radical (unpaired) electrons. The highest BCUT2D eigenvalue weighted by Crippen LogP contribution is 2.35. The minimum absolute atomic E-state index is 0.102. The normalized spacial score (nSPS) is 20.2. The minimum Gasteiger partial charge on any atom is -0.464 e. The average molecular weight is 221 g/mol. The van der Waals surface area contributed by atoms with Gasteiger partial charge in [-0.05, 0) is 0 Å². The van der Waals surface area contributed by atoms with Crippen LogP contribution in [-0.4, -0.2) is 23.9 Å². The summed E-state index contributed by atoms with van der Waals surface area (Å²) in [7, 11) is -4.18. The molecule has 1 aliphatic rings. The first-order valence-corrected chi connectivity index (χ1v) is 5.20. The van der Waals surface area contributed by atoms with Crippen molar-refractivity contribution in [3.63, 3.8) is 0 Å². The lowest BCUT2D eigenvalue weighted by Gasteiger charge is -2.23. The molecule has 0 bridgehead atoms. The van der Waals surface area contributed by atoms with Crippen LogP contribution in [0.2, 0.25) is 0 Å². The van der Waals surface area contributed by atoms with Crippen LogP contribution in [-0.2, 0) is 14.5 Å². The van der Waals surface area contributed by atoms with Gasteiger partial charge in [0.1, 0.15) is 6.26 Å². The van der Waals surface area contributed by atoms with Crippen molar-refractivity contribution >= 4 is 16.4 Å². The van der Waals surface area contributed by atoms with Gasteiger partial charge in [0.2, 0.25) is 0 Å². The van der Waals surface area contributed by atoms with Crippen LogP contribution in [0, 0.1) is 5.41 Å². The van der Waals surface area contributed by atoms with Crippen molar-refractivity contribution in [1.29, 1.82) is 0 Å². The number of rotatable bonds is 0.